The number of aryl methyl sites for hydroxylation is 1. The first kappa shape index (κ1) is 37.9. The van der Waals surface area contributed by atoms with Gasteiger partial charge in [0.15, 0.2) is 0 Å². The van der Waals surface area contributed by atoms with Crippen LogP contribution in [0.2, 0.25) is 0 Å². The SMILES string of the molecule is Cc1cc(-c2c(C)n(C)c(=O)n(C)c2=O)cc(C(CC(=O)O)NC(=O)C(CC(C)C)n2cc(CCN(C)C)c(C(F)(F)F)cc2=O)c1F. The van der Waals surface area contributed by atoms with E-state index in [1.165, 1.54) is 44.6 Å². The number of nitrogens with zero attached hydrogens (tertiary/aromatic N) is 4. The molecule has 0 aliphatic rings. The number of hydrogen-bond donors (Lipinski definition) is 2. The Bertz CT molecular complexity index is 1890. The van der Waals surface area contributed by atoms with Crippen LogP contribution >= 0.6 is 0 Å². The fraction of sp³-hybridized carbons (Fsp3) is 0.485. The van der Waals surface area contributed by atoms with Gasteiger partial charge in [-0.1, -0.05) is 13.8 Å². The molecule has 0 radical (unpaired) electrons. The number of carboxylic acids is 1. The van der Waals surface area contributed by atoms with Crippen LogP contribution in [-0.2, 0) is 36.3 Å². The molecule has 15 heteroatoms. The number of halogens is 4. The smallest absolute Gasteiger partial charge is 0.416 e. The van der Waals surface area contributed by atoms with Crippen LogP contribution in [0.5, 0.6) is 0 Å². The average Bonchev–Trinajstić information content (AvgIpc) is 2.97. The number of aromatic nitrogens is 3. The van der Waals surface area contributed by atoms with Crippen molar-refractivity contribution in [3.05, 3.63) is 89.4 Å². The van der Waals surface area contributed by atoms with Gasteiger partial charge >= 0.3 is 17.8 Å². The molecule has 1 amide bonds. The second-order valence-electron chi connectivity index (χ2n) is 12.7. The second-order valence-corrected chi connectivity index (χ2v) is 12.7. The molecule has 2 N–H and O–H groups in total. The van der Waals surface area contributed by atoms with Gasteiger partial charge in [-0.3, -0.25) is 23.7 Å². The summed E-state index contributed by atoms with van der Waals surface area (Å²) in [5.74, 6) is -3.42. The molecule has 48 heavy (non-hydrogen) atoms. The third-order valence-corrected chi connectivity index (χ3v) is 8.23. The van der Waals surface area contributed by atoms with Crippen LogP contribution in [0.25, 0.3) is 11.1 Å². The highest BCUT2D eigenvalue weighted by molar-refractivity contribution is 5.82. The molecular weight excluding hydrogens is 638 g/mol. The lowest BCUT2D eigenvalue weighted by atomic mass is 9.93. The molecule has 3 rings (SSSR count). The van der Waals surface area contributed by atoms with Gasteiger partial charge in [-0.15, -0.1) is 0 Å². The van der Waals surface area contributed by atoms with Gasteiger partial charge in [-0.2, -0.15) is 13.2 Å². The molecule has 2 aromatic heterocycles. The number of pyridine rings is 1. The summed E-state index contributed by atoms with van der Waals surface area (Å²) >= 11 is 0. The molecule has 0 spiro atoms. The van der Waals surface area contributed by atoms with Crippen molar-refractivity contribution < 1.29 is 32.3 Å². The maximum Gasteiger partial charge on any atom is 0.416 e. The van der Waals surface area contributed by atoms with E-state index in [9.17, 15) is 42.3 Å². The van der Waals surface area contributed by atoms with Crippen molar-refractivity contribution in [1.29, 1.82) is 0 Å². The predicted molar refractivity (Wildman–Crippen MR) is 171 cm³/mol. The molecule has 3 aromatic rings. The summed E-state index contributed by atoms with van der Waals surface area (Å²) in [6.45, 7) is 6.61. The Hall–Kier alpha value is -4.53. The molecular formula is C33H41F4N5O6. The van der Waals surface area contributed by atoms with Crippen molar-refractivity contribution in [2.45, 2.75) is 65.2 Å². The first-order valence-electron chi connectivity index (χ1n) is 15.2. The zero-order valence-electron chi connectivity index (χ0n) is 28.2. The van der Waals surface area contributed by atoms with Crippen molar-refractivity contribution in [2.24, 2.45) is 20.0 Å². The Morgan fingerprint density at radius 2 is 1.65 bits per heavy atom. The average molecular weight is 680 g/mol. The zero-order valence-corrected chi connectivity index (χ0v) is 28.2. The summed E-state index contributed by atoms with van der Waals surface area (Å²) in [5, 5.41) is 12.3. The predicted octanol–water partition coefficient (Wildman–Crippen LogP) is 3.71. The van der Waals surface area contributed by atoms with Crippen LogP contribution < -0.4 is 22.1 Å². The minimum atomic E-state index is -4.83. The molecule has 0 saturated carbocycles. The molecule has 0 aliphatic carbocycles. The van der Waals surface area contributed by atoms with Crippen LogP contribution in [0, 0.1) is 25.6 Å². The minimum absolute atomic E-state index is 0.0150. The van der Waals surface area contributed by atoms with E-state index in [0.717, 1.165) is 15.3 Å². The Morgan fingerprint density at radius 1 is 1.02 bits per heavy atom. The number of hydrogen-bond acceptors (Lipinski definition) is 6. The van der Waals surface area contributed by atoms with Crippen molar-refractivity contribution in [2.75, 3.05) is 20.6 Å². The highest BCUT2D eigenvalue weighted by atomic mass is 19.4. The first-order chi connectivity index (χ1) is 22.1. The molecule has 0 bridgehead atoms. The highest BCUT2D eigenvalue weighted by Crippen LogP contribution is 2.33. The maximum atomic E-state index is 15.8. The minimum Gasteiger partial charge on any atom is -0.481 e. The largest absolute Gasteiger partial charge is 0.481 e. The number of amides is 1. The van der Waals surface area contributed by atoms with Crippen LogP contribution in [0.4, 0.5) is 17.6 Å². The number of carboxylic acid groups (broad SMARTS) is 1. The summed E-state index contributed by atoms with van der Waals surface area (Å²) in [4.78, 5) is 66.3. The number of rotatable bonds is 12. The van der Waals surface area contributed by atoms with Gasteiger partial charge in [0, 0.05) is 44.2 Å². The van der Waals surface area contributed by atoms with Gasteiger partial charge in [-0.25, -0.2) is 9.18 Å². The Morgan fingerprint density at radius 3 is 2.19 bits per heavy atom. The maximum absolute atomic E-state index is 15.8. The van der Waals surface area contributed by atoms with Crippen molar-refractivity contribution in [3.63, 3.8) is 0 Å². The van der Waals surface area contributed by atoms with Crippen molar-refractivity contribution in [1.82, 2.24) is 23.9 Å². The van der Waals surface area contributed by atoms with Gasteiger partial charge in [0.25, 0.3) is 11.1 Å². The third-order valence-electron chi connectivity index (χ3n) is 8.23. The molecule has 2 heterocycles. The fourth-order valence-corrected chi connectivity index (χ4v) is 5.59. The van der Waals surface area contributed by atoms with E-state index in [1.807, 2.05) is 0 Å². The quantitative estimate of drug-likeness (QED) is 0.279. The number of carbonyl (C=O) groups excluding carboxylic acids is 1. The van der Waals surface area contributed by atoms with Crippen LogP contribution in [-0.4, -0.2) is 56.2 Å². The molecule has 0 fully saturated rings. The number of benzene rings is 1. The molecule has 262 valence electrons. The van der Waals surface area contributed by atoms with Gasteiger partial charge in [0.2, 0.25) is 5.91 Å². The zero-order chi connectivity index (χ0) is 36.4. The van der Waals surface area contributed by atoms with E-state index in [-0.39, 0.29) is 58.8 Å². The van der Waals surface area contributed by atoms with Crippen LogP contribution in [0.3, 0.4) is 0 Å². The summed E-state index contributed by atoms with van der Waals surface area (Å²) in [6, 6.07) is 0.151. The standard InChI is InChI=1S/C33H41F4N5O6/c1-17(2)11-25(42-16-20(9-10-39(5)6)23(14-26(42)43)33(35,36)37)30(46)38-24(15-27(44)45)22-13-21(12-18(3)29(22)34)28-19(4)40(7)32(48)41(8)31(28)47/h12-14,16-17,24-25H,9-11,15H2,1-8H3,(H,38,46)(H,44,45). The van der Waals surface area contributed by atoms with E-state index in [4.69, 9.17) is 0 Å². The molecule has 1 aromatic carbocycles. The Kier molecular flexibility index (Phi) is 11.6. The summed E-state index contributed by atoms with van der Waals surface area (Å²) in [5.41, 5.74) is -3.42. The van der Waals surface area contributed by atoms with Gasteiger partial charge in [-0.05, 0) is 75.5 Å². The van der Waals surface area contributed by atoms with Crippen LogP contribution in [0.1, 0.15) is 66.7 Å². The lowest BCUT2D eigenvalue weighted by molar-refractivity contribution is -0.139. The molecule has 0 aliphatic heterocycles. The van der Waals surface area contributed by atoms with E-state index < -0.39 is 64.7 Å². The first-order valence-corrected chi connectivity index (χ1v) is 15.2. The van der Waals surface area contributed by atoms with Crippen molar-refractivity contribution in [3.8, 4) is 11.1 Å². The van der Waals surface area contributed by atoms with Gasteiger partial charge in [0.1, 0.15) is 11.9 Å². The fourth-order valence-electron chi connectivity index (χ4n) is 5.59. The molecule has 2 atom stereocenters. The van der Waals surface area contributed by atoms with Gasteiger partial charge < -0.3 is 24.5 Å². The molecule has 0 saturated heterocycles. The van der Waals surface area contributed by atoms with E-state index in [2.05, 4.69) is 5.32 Å². The number of aliphatic carboxylic acids is 1. The molecule has 2 unspecified atom stereocenters. The molecule has 11 nitrogen and oxygen atoms in total. The lowest BCUT2D eigenvalue weighted by Gasteiger charge is -2.27. The number of carbonyl (C=O) groups is 2. The monoisotopic (exact) mass is 679 g/mol. The topological polar surface area (TPSA) is 136 Å². The van der Waals surface area contributed by atoms with Crippen LogP contribution in [0.15, 0.2) is 38.8 Å². The Balaban J connectivity index is 2.20. The highest BCUT2D eigenvalue weighted by Gasteiger charge is 2.36. The number of nitrogens with one attached hydrogen (secondary N) is 1. The normalized spacial score (nSPS) is 13.2. The van der Waals surface area contributed by atoms with E-state index >= 15 is 4.39 Å². The van der Waals surface area contributed by atoms with Crippen molar-refractivity contribution >= 4 is 11.9 Å². The van der Waals surface area contributed by atoms with E-state index in [1.54, 1.807) is 32.8 Å². The van der Waals surface area contributed by atoms with E-state index in [0.29, 0.717) is 6.07 Å². The summed E-state index contributed by atoms with van der Waals surface area (Å²) < 4.78 is 60.5. The number of likely N-dealkylation sites (N-methyl/N-ethyl adjacent to an activating group) is 1. The Labute approximate surface area is 274 Å². The second kappa shape index (κ2) is 14.7. The third kappa shape index (κ3) is 8.30. The summed E-state index contributed by atoms with van der Waals surface area (Å²) in [7, 11) is 6.08. The van der Waals surface area contributed by atoms with Gasteiger partial charge in [0.05, 0.1) is 23.6 Å². The lowest BCUT2D eigenvalue weighted by Crippen LogP contribution is -2.41. The summed E-state index contributed by atoms with van der Waals surface area (Å²) in [6.07, 6.45) is -4.72. The number of alkyl halides is 3.